The van der Waals surface area contributed by atoms with Crippen molar-refractivity contribution in [2.75, 3.05) is 32.8 Å². The second-order valence-electron chi connectivity index (χ2n) is 5.65. The highest BCUT2D eigenvalue weighted by Gasteiger charge is 2.11. The minimum absolute atomic E-state index is 0. The van der Waals surface area contributed by atoms with E-state index < -0.39 is 0 Å². The Morgan fingerprint density at radius 2 is 1.58 bits per heavy atom. The van der Waals surface area contributed by atoms with Crippen LogP contribution in [0.3, 0.4) is 0 Å². The second-order valence-corrected chi connectivity index (χ2v) is 5.65. The van der Waals surface area contributed by atoms with Crippen molar-refractivity contribution in [3.63, 3.8) is 0 Å². The van der Waals surface area contributed by atoms with Crippen LogP contribution >= 0.6 is 24.0 Å². The van der Waals surface area contributed by atoms with Gasteiger partial charge in [0, 0.05) is 19.6 Å². The first kappa shape index (κ1) is 18.7. The van der Waals surface area contributed by atoms with E-state index in [-0.39, 0.29) is 24.0 Å². The normalized spacial score (nSPS) is 15.0. The predicted molar refractivity (Wildman–Crippen MR) is 110 cm³/mol. The van der Waals surface area contributed by atoms with Crippen LogP contribution in [0, 0.1) is 0 Å². The summed E-state index contributed by atoms with van der Waals surface area (Å²) < 4.78 is 5.32. The third-order valence-electron chi connectivity index (χ3n) is 4.07. The van der Waals surface area contributed by atoms with Crippen molar-refractivity contribution in [1.82, 2.24) is 4.90 Å². The maximum atomic E-state index is 6.03. The van der Waals surface area contributed by atoms with Crippen molar-refractivity contribution in [2.24, 2.45) is 10.7 Å². The summed E-state index contributed by atoms with van der Waals surface area (Å²) in [7, 11) is 0. The largest absolute Gasteiger partial charge is 0.378 e. The minimum Gasteiger partial charge on any atom is -0.378 e. The number of benzene rings is 2. The Hall–Kier alpha value is -1.60. The number of halogens is 1. The van der Waals surface area contributed by atoms with E-state index in [0.717, 1.165) is 32.7 Å². The Kier molecular flexibility index (Phi) is 7.52. The van der Waals surface area contributed by atoms with Gasteiger partial charge in [0.05, 0.1) is 13.2 Å². The SMILES string of the molecule is I.NC(=NCCc1ccc(-c2ccccc2)cc1)N1CCOCC1. The van der Waals surface area contributed by atoms with Gasteiger partial charge in [0.2, 0.25) is 0 Å². The third-order valence-corrected chi connectivity index (χ3v) is 4.07. The number of rotatable bonds is 4. The van der Waals surface area contributed by atoms with Gasteiger partial charge in [-0.15, -0.1) is 24.0 Å². The molecule has 0 aromatic heterocycles. The summed E-state index contributed by atoms with van der Waals surface area (Å²) in [6.07, 6.45) is 0.903. The fraction of sp³-hybridized carbons (Fsp3) is 0.316. The van der Waals surface area contributed by atoms with Crippen LogP contribution in [0.15, 0.2) is 59.6 Å². The summed E-state index contributed by atoms with van der Waals surface area (Å²) in [6, 6.07) is 19.1. The summed E-state index contributed by atoms with van der Waals surface area (Å²) in [6.45, 7) is 3.85. The van der Waals surface area contributed by atoms with E-state index in [0.29, 0.717) is 12.5 Å². The van der Waals surface area contributed by atoms with Crippen LogP contribution in [-0.2, 0) is 11.2 Å². The lowest BCUT2D eigenvalue weighted by atomic mass is 10.0. The fourth-order valence-electron chi connectivity index (χ4n) is 2.69. The van der Waals surface area contributed by atoms with Gasteiger partial charge < -0.3 is 15.4 Å². The van der Waals surface area contributed by atoms with Crippen LogP contribution in [-0.4, -0.2) is 43.7 Å². The Balaban J connectivity index is 0.00000208. The lowest BCUT2D eigenvalue weighted by Gasteiger charge is -2.27. The number of hydrogen-bond acceptors (Lipinski definition) is 2. The fourth-order valence-corrected chi connectivity index (χ4v) is 2.69. The summed E-state index contributed by atoms with van der Waals surface area (Å²) in [5.41, 5.74) is 9.80. The molecule has 0 bridgehead atoms. The van der Waals surface area contributed by atoms with Crippen molar-refractivity contribution < 1.29 is 4.74 Å². The van der Waals surface area contributed by atoms with Crippen LogP contribution < -0.4 is 5.73 Å². The second kappa shape index (κ2) is 9.64. The van der Waals surface area contributed by atoms with E-state index >= 15 is 0 Å². The highest BCUT2D eigenvalue weighted by atomic mass is 127. The summed E-state index contributed by atoms with van der Waals surface area (Å²) >= 11 is 0. The third kappa shape index (κ3) is 5.21. The molecule has 0 spiro atoms. The van der Waals surface area contributed by atoms with Crippen molar-refractivity contribution in [3.8, 4) is 11.1 Å². The van der Waals surface area contributed by atoms with E-state index in [2.05, 4.69) is 58.4 Å². The minimum atomic E-state index is 0. The molecule has 0 unspecified atom stereocenters. The average molecular weight is 437 g/mol. The molecule has 1 aliphatic heterocycles. The quantitative estimate of drug-likeness (QED) is 0.454. The standard InChI is InChI=1S/C19H23N3O.HI/c20-19(22-12-14-23-15-13-22)21-11-10-16-6-8-18(9-7-16)17-4-2-1-3-5-17;/h1-9H,10-15H2,(H2,20,21);1H. The topological polar surface area (TPSA) is 50.8 Å². The van der Waals surface area contributed by atoms with E-state index in [1.165, 1.54) is 16.7 Å². The van der Waals surface area contributed by atoms with Crippen molar-refractivity contribution in [1.29, 1.82) is 0 Å². The van der Waals surface area contributed by atoms with Crippen molar-refractivity contribution in [2.45, 2.75) is 6.42 Å². The molecule has 2 aromatic rings. The van der Waals surface area contributed by atoms with E-state index in [1.54, 1.807) is 0 Å². The van der Waals surface area contributed by atoms with Crippen LogP contribution in [0.4, 0.5) is 0 Å². The zero-order valence-electron chi connectivity index (χ0n) is 13.7. The zero-order valence-corrected chi connectivity index (χ0v) is 16.1. The molecule has 0 radical (unpaired) electrons. The molecule has 4 nitrogen and oxygen atoms in total. The highest BCUT2D eigenvalue weighted by Crippen LogP contribution is 2.19. The molecule has 1 heterocycles. The summed E-state index contributed by atoms with van der Waals surface area (Å²) in [5, 5.41) is 0. The monoisotopic (exact) mass is 437 g/mol. The number of nitrogens with two attached hydrogens (primary N) is 1. The zero-order chi connectivity index (χ0) is 15.9. The van der Waals surface area contributed by atoms with Gasteiger partial charge in [0.15, 0.2) is 5.96 Å². The van der Waals surface area contributed by atoms with Gasteiger partial charge in [0.1, 0.15) is 0 Å². The number of nitrogens with zero attached hydrogens (tertiary/aromatic N) is 2. The number of guanidine groups is 1. The smallest absolute Gasteiger partial charge is 0.191 e. The lowest BCUT2D eigenvalue weighted by molar-refractivity contribution is 0.0674. The van der Waals surface area contributed by atoms with E-state index in [4.69, 9.17) is 10.5 Å². The van der Waals surface area contributed by atoms with E-state index in [1.807, 2.05) is 6.07 Å². The molecule has 2 aromatic carbocycles. The molecule has 2 N–H and O–H groups in total. The number of hydrogen-bond donors (Lipinski definition) is 1. The van der Waals surface area contributed by atoms with Crippen LogP contribution in [0.25, 0.3) is 11.1 Å². The molecule has 1 fully saturated rings. The van der Waals surface area contributed by atoms with Crippen molar-refractivity contribution in [3.05, 3.63) is 60.2 Å². The number of morpholine rings is 1. The van der Waals surface area contributed by atoms with Gasteiger partial charge in [-0.3, -0.25) is 4.99 Å². The van der Waals surface area contributed by atoms with E-state index in [9.17, 15) is 0 Å². The Morgan fingerprint density at radius 3 is 2.25 bits per heavy atom. The molecule has 1 aliphatic rings. The first-order chi connectivity index (χ1) is 11.3. The van der Waals surface area contributed by atoms with Crippen molar-refractivity contribution >= 4 is 29.9 Å². The number of aliphatic imine (C=N–C) groups is 1. The van der Waals surface area contributed by atoms with Gasteiger partial charge in [-0.05, 0) is 23.1 Å². The first-order valence-electron chi connectivity index (χ1n) is 8.10. The average Bonchev–Trinajstić information content (AvgIpc) is 2.64. The first-order valence-corrected chi connectivity index (χ1v) is 8.10. The molecule has 24 heavy (non-hydrogen) atoms. The summed E-state index contributed by atoms with van der Waals surface area (Å²) in [5.74, 6) is 0.634. The molecule has 0 atom stereocenters. The Bertz CT molecular complexity index is 637. The lowest BCUT2D eigenvalue weighted by Crippen LogP contribution is -2.44. The molecular formula is C19H24IN3O. The Labute approximate surface area is 160 Å². The van der Waals surface area contributed by atoms with Gasteiger partial charge in [0.25, 0.3) is 0 Å². The molecule has 0 amide bonds. The Morgan fingerprint density at radius 1 is 0.958 bits per heavy atom. The van der Waals surface area contributed by atoms with Crippen LogP contribution in [0.1, 0.15) is 5.56 Å². The predicted octanol–water partition coefficient (Wildman–Crippen LogP) is 3.16. The molecule has 1 saturated heterocycles. The molecular weight excluding hydrogens is 413 g/mol. The molecule has 128 valence electrons. The van der Waals surface area contributed by atoms with Gasteiger partial charge >= 0.3 is 0 Å². The molecule has 0 saturated carbocycles. The van der Waals surface area contributed by atoms with Crippen LogP contribution in [0.2, 0.25) is 0 Å². The number of ether oxygens (including phenoxy) is 1. The maximum Gasteiger partial charge on any atom is 0.191 e. The van der Waals surface area contributed by atoms with Crippen LogP contribution in [0.5, 0.6) is 0 Å². The van der Waals surface area contributed by atoms with Gasteiger partial charge in [-0.1, -0.05) is 54.6 Å². The van der Waals surface area contributed by atoms with Gasteiger partial charge in [-0.2, -0.15) is 0 Å². The molecule has 0 aliphatic carbocycles. The van der Waals surface area contributed by atoms with Gasteiger partial charge in [-0.25, -0.2) is 0 Å². The summed E-state index contributed by atoms with van der Waals surface area (Å²) in [4.78, 5) is 6.57. The maximum absolute atomic E-state index is 6.03. The molecule has 3 rings (SSSR count). The molecule has 5 heteroatoms. The highest BCUT2D eigenvalue weighted by molar-refractivity contribution is 14.0.